The van der Waals surface area contributed by atoms with Gasteiger partial charge in [-0.05, 0) is 56.3 Å². The van der Waals surface area contributed by atoms with E-state index in [1.54, 1.807) is 42.5 Å². The number of hydrogen-bond donors (Lipinski definition) is 1. The third-order valence-corrected chi connectivity index (χ3v) is 6.82. The van der Waals surface area contributed by atoms with E-state index in [0.29, 0.717) is 20.2 Å². The predicted molar refractivity (Wildman–Crippen MR) is 137 cm³/mol. The number of halogens is 3. The van der Waals surface area contributed by atoms with Crippen molar-refractivity contribution in [3.63, 3.8) is 0 Å². The van der Waals surface area contributed by atoms with Crippen LogP contribution >= 0.6 is 39.1 Å². The van der Waals surface area contributed by atoms with Gasteiger partial charge in [-0.1, -0.05) is 45.2 Å². The summed E-state index contributed by atoms with van der Waals surface area (Å²) in [5.41, 5.74) is 6.14. The highest BCUT2D eigenvalue weighted by atomic mass is 79.9. The van der Waals surface area contributed by atoms with Crippen molar-refractivity contribution in [1.82, 2.24) is 9.99 Å². The minimum Gasteiger partial charge on any atom is -0.318 e. The molecule has 0 aliphatic heterocycles. The zero-order valence-corrected chi connectivity index (χ0v) is 21.9. The van der Waals surface area contributed by atoms with Gasteiger partial charge in [0, 0.05) is 37.2 Å². The summed E-state index contributed by atoms with van der Waals surface area (Å²) in [6, 6.07) is 13.9. The summed E-state index contributed by atoms with van der Waals surface area (Å²) in [5, 5.41) is 5.05. The summed E-state index contributed by atoms with van der Waals surface area (Å²) in [5.74, 6) is -0.577. The molecule has 1 amide bonds. The first-order chi connectivity index (χ1) is 15.5. The number of sulfonamides is 1. The lowest BCUT2D eigenvalue weighted by Gasteiger charge is -2.21. The molecule has 7 nitrogen and oxygen atoms in total. The van der Waals surface area contributed by atoms with Gasteiger partial charge < -0.3 is 4.57 Å². The summed E-state index contributed by atoms with van der Waals surface area (Å²) in [6.45, 7) is 3.43. The Morgan fingerprint density at radius 3 is 2.42 bits per heavy atom. The molecular weight excluding hydrogens is 551 g/mol. The molecule has 1 heterocycles. The Morgan fingerprint density at radius 2 is 1.82 bits per heavy atom. The Kier molecular flexibility index (Phi) is 7.89. The van der Waals surface area contributed by atoms with E-state index in [1.165, 1.54) is 6.21 Å². The first-order valence-electron chi connectivity index (χ1n) is 9.66. The molecule has 0 aliphatic carbocycles. The number of aromatic nitrogens is 1. The Morgan fingerprint density at radius 1 is 1.15 bits per heavy atom. The predicted octanol–water partition coefficient (Wildman–Crippen LogP) is 5.08. The fraction of sp³-hybridized carbons (Fsp3) is 0.182. The number of anilines is 1. The van der Waals surface area contributed by atoms with Crippen LogP contribution in [0.5, 0.6) is 0 Å². The molecule has 1 aromatic heterocycles. The molecule has 11 heteroatoms. The molecule has 3 rings (SSSR count). The molecule has 0 atom stereocenters. The van der Waals surface area contributed by atoms with E-state index in [1.807, 2.05) is 24.5 Å². The maximum absolute atomic E-state index is 12.4. The maximum atomic E-state index is 12.4. The van der Waals surface area contributed by atoms with Gasteiger partial charge in [0.2, 0.25) is 10.0 Å². The zero-order valence-electron chi connectivity index (χ0n) is 18.0. The van der Waals surface area contributed by atoms with Crippen molar-refractivity contribution < 1.29 is 13.2 Å². The number of carbonyl (C=O) groups is 1. The van der Waals surface area contributed by atoms with Gasteiger partial charge in [0.05, 0.1) is 18.2 Å². The number of aryl methyl sites for hydroxylation is 1. The lowest BCUT2D eigenvalue weighted by atomic mass is 10.2. The quantitative estimate of drug-likeness (QED) is 0.317. The van der Waals surface area contributed by atoms with Crippen LogP contribution in [0.1, 0.15) is 17.0 Å². The second kappa shape index (κ2) is 10.3. The maximum Gasteiger partial charge on any atom is 0.260 e. The number of nitrogens with zero attached hydrogens (tertiary/aromatic N) is 3. The van der Waals surface area contributed by atoms with Gasteiger partial charge in [-0.25, -0.2) is 13.8 Å². The van der Waals surface area contributed by atoms with Crippen molar-refractivity contribution in [1.29, 1.82) is 0 Å². The van der Waals surface area contributed by atoms with Crippen molar-refractivity contribution in [3.05, 3.63) is 80.0 Å². The lowest BCUT2D eigenvalue weighted by Crippen LogP contribution is -2.39. The van der Waals surface area contributed by atoms with Gasteiger partial charge in [-0.15, -0.1) is 0 Å². The highest BCUT2D eigenvalue weighted by molar-refractivity contribution is 9.10. The van der Waals surface area contributed by atoms with Crippen LogP contribution < -0.4 is 9.73 Å². The van der Waals surface area contributed by atoms with Gasteiger partial charge in [0.15, 0.2) is 0 Å². The van der Waals surface area contributed by atoms with Crippen LogP contribution in [-0.2, 0) is 14.8 Å². The zero-order chi connectivity index (χ0) is 24.3. The van der Waals surface area contributed by atoms with Crippen molar-refractivity contribution in [2.24, 2.45) is 5.10 Å². The standard InChI is InChI=1S/C22H21BrCl2N4O3S/c1-14-7-16(15(2)29(14)21-10-18(24)9-19(25)11-21)12-26-27-22(30)13-28(33(3,31)32)20-6-4-5-17(23)8-20/h4-12H,13H2,1-3H3,(H,27,30)/b26-12-. The van der Waals surface area contributed by atoms with Gasteiger partial charge in [-0.3, -0.25) is 9.10 Å². The fourth-order valence-electron chi connectivity index (χ4n) is 3.35. The molecule has 0 aliphatic rings. The molecule has 0 fully saturated rings. The minimum absolute atomic E-state index is 0.370. The normalized spacial score (nSPS) is 11.7. The van der Waals surface area contributed by atoms with Crippen LogP contribution in [0, 0.1) is 13.8 Å². The Balaban J connectivity index is 1.76. The molecule has 0 radical (unpaired) electrons. The molecule has 0 spiro atoms. The van der Waals surface area contributed by atoms with Crippen LogP contribution in [0.25, 0.3) is 5.69 Å². The van der Waals surface area contributed by atoms with Crippen LogP contribution in [0.3, 0.4) is 0 Å². The molecule has 33 heavy (non-hydrogen) atoms. The fourth-order valence-corrected chi connectivity index (χ4v) is 5.10. The largest absolute Gasteiger partial charge is 0.318 e. The first kappa shape index (κ1) is 25.3. The minimum atomic E-state index is -3.68. The van der Waals surface area contributed by atoms with E-state index in [-0.39, 0.29) is 0 Å². The average Bonchev–Trinajstić information content (AvgIpc) is 2.97. The number of hydrazone groups is 1. The average molecular weight is 572 g/mol. The number of rotatable bonds is 7. The highest BCUT2D eigenvalue weighted by Crippen LogP contribution is 2.26. The van der Waals surface area contributed by atoms with Crippen molar-refractivity contribution in [2.75, 3.05) is 17.1 Å². The Bertz CT molecular complexity index is 1320. The first-order valence-corrected chi connectivity index (χ1v) is 13.1. The van der Waals surface area contributed by atoms with Gasteiger partial charge >= 0.3 is 0 Å². The molecule has 3 aromatic rings. The van der Waals surface area contributed by atoms with E-state index < -0.39 is 22.5 Å². The van der Waals surface area contributed by atoms with Crippen LogP contribution in [0.15, 0.2) is 58.1 Å². The summed E-state index contributed by atoms with van der Waals surface area (Å²) < 4.78 is 28.1. The van der Waals surface area contributed by atoms with Gasteiger partial charge in [0.25, 0.3) is 5.91 Å². The van der Waals surface area contributed by atoms with E-state index in [2.05, 4.69) is 26.5 Å². The van der Waals surface area contributed by atoms with Crippen molar-refractivity contribution in [2.45, 2.75) is 13.8 Å². The number of benzene rings is 2. The number of amides is 1. The molecule has 0 saturated heterocycles. The van der Waals surface area contributed by atoms with Crippen LogP contribution in [0.2, 0.25) is 10.0 Å². The number of hydrogen-bond acceptors (Lipinski definition) is 4. The van der Waals surface area contributed by atoms with Gasteiger partial charge in [-0.2, -0.15) is 5.10 Å². The second-order valence-corrected chi connectivity index (χ2v) is 11.0. The van der Waals surface area contributed by atoms with Crippen molar-refractivity contribution >= 4 is 67.0 Å². The topological polar surface area (TPSA) is 83.8 Å². The van der Waals surface area contributed by atoms with Gasteiger partial charge in [0.1, 0.15) is 6.54 Å². The van der Waals surface area contributed by atoms with E-state index in [0.717, 1.165) is 33.2 Å². The molecule has 2 aromatic carbocycles. The molecule has 174 valence electrons. The SMILES string of the molecule is Cc1cc(/C=N\NC(=O)CN(c2cccc(Br)c2)S(C)(=O)=O)c(C)n1-c1cc(Cl)cc(Cl)c1. The van der Waals surface area contributed by atoms with Crippen LogP contribution in [0.4, 0.5) is 5.69 Å². The van der Waals surface area contributed by atoms with E-state index in [9.17, 15) is 13.2 Å². The third-order valence-electron chi connectivity index (χ3n) is 4.75. The molecule has 0 bridgehead atoms. The molecule has 1 N–H and O–H groups in total. The third kappa shape index (κ3) is 6.38. The summed E-state index contributed by atoms with van der Waals surface area (Å²) in [7, 11) is -3.68. The Hall–Kier alpha value is -2.33. The summed E-state index contributed by atoms with van der Waals surface area (Å²) in [6.07, 6.45) is 2.55. The summed E-state index contributed by atoms with van der Waals surface area (Å²) in [4.78, 5) is 12.4. The molecule has 0 saturated carbocycles. The van der Waals surface area contributed by atoms with Crippen LogP contribution in [-0.4, -0.2) is 37.9 Å². The number of nitrogens with one attached hydrogen (secondary N) is 1. The molecular formula is C22H21BrCl2N4O3S. The number of carbonyl (C=O) groups excluding carboxylic acids is 1. The monoisotopic (exact) mass is 570 g/mol. The second-order valence-electron chi connectivity index (χ2n) is 7.33. The van der Waals surface area contributed by atoms with E-state index >= 15 is 0 Å². The highest BCUT2D eigenvalue weighted by Gasteiger charge is 2.21. The lowest BCUT2D eigenvalue weighted by molar-refractivity contribution is -0.119. The molecule has 0 unspecified atom stereocenters. The smallest absolute Gasteiger partial charge is 0.260 e. The Labute approximate surface area is 211 Å². The summed E-state index contributed by atoms with van der Waals surface area (Å²) >= 11 is 15.6. The van der Waals surface area contributed by atoms with Crippen molar-refractivity contribution in [3.8, 4) is 5.69 Å². The van der Waals surface area contributed by atoms with E-state index in [4.69, 9.17) is 23.2 Å².